The molecule has 2 saturated heterocycles. The Morgan fingerprint density at radius 2 is 1.94 bits per heavy atom. The van der Waals surface area contributed by atoms with Crippen LogP contribution in [0.5, 0.6) is 0 Å². The topological polar surface area (TPSA) is 55.9 Å². The van der Waals surface area contributed by atoms with Crippen LogP contribution in [0.4, 0.5) is 0 Å². The van der Waals surface area contributed by atoms with Crippen molar-refractivity contribution in [3.63, 3.8) is 0 Å². The highest BCUT2D eigenvalue weighted by Crippen LogP contribution is 2.54. The number of ether oxygens (including phenoxy) is 2. The number of epoxide rings is 1. The zero-order valence-corrected chi connectivity index (χ0v) is 9.67. The van der Waals surface area contributed by atoms with Crippen LogP contribution in [0.2, 0.25) is 0 Å². The van der Waals surface area contributed by atoms with Gasteiger partial charge in [0.15, 0.2) is 0 Å². The molecule has 7 atom stereocenters. The Bertz CT molecular complexity index is 364. The predicted molar refractivity (Wildman–Crippen MR) is 54.5 cm³/mol. The van der Waals surface area contributed by atoms with E-state index in [2.05, 4.69) is 0 Å². The predicted octanol–water partition coefficient (Wildman–Crippen LogP) is 0.786. The summed E-state index contributed by atoms with van der Waals surface area (Å²) in [6, 6.07) is 0. The van der Waals surface area contributed by atoms with E-state index in [1.165, 1.54) is 0 Å². The maximum Gasteiger partial charge on any atom is 0.312 e. The second-order valence-corrected chi connectivity index (χ2v) is 5.31. The molecule has 88 valence electrons. The Morgan fingerprint density at radius 3 is 2.56 bits per heavy atom. The van der Waals surface area contributed by atoms with Crippen LogP contribution in [-0.4, -0.2) is 30.1 Å². The van der Waals surface area contributed by atoms with Crippen LogP contribution in [-0.2, 0) is 19.1 Å². The van der Waals surface area contributed by atoms with Crippen molar-refractivity contribution in [1.29, 1.82) is 0 Å². The van der Waals surface area contributed by atoms with Gasteiger partial charge >= 0.3 is 5.97 Å². The minimum atomic E-state index is -0.204. The van der Waals surface area contributed by atoms with Gasteiger partial charge < -0.3 is 9.47 Å². The minimum Gasteiger partial charge on any atom is -0.462 e. The summed E-state index contributed by atoms with van der Waals surface area (Å²) in [5, 5.41) is 0. The number of carbonyl (C=O) groups excluding carboxylic acids is 2. The average Bonchev–Trinajstić information content (AvgIpc) is 2.91. The van der Waals surface area contributed by atoms with E-state index in [1.54, 1.807) is 6.92 Å². The van der Waals surface area contributed by atoms with E-state index in [4.69, 9.17) is 9.47 Å². The van der Waals surface area contributed by atoms with E-state index in [1.807, 2.05) is 13.8 Å². The van der Waals surface area contributed by atoms with Crippen LogP contribution in [0, 0.1) is 23.7 Å². The Balaban J connectivity index is 1.99. The van der Waals surface area contributed by atoms with E-state index in [9.17, 15) is 9.59 Å². The van der Waals surface area contributed by atoms with Gasteiger partial charge in [0.1, 0.15) is 11.9 Å². The van der Waals surface area contributed by atoms with Gasteiger partial charge in [-0.05, 0) is 19.8 Å². The minimum absolute atomic E-state index is 0.00745. The monoisotopic (exact) mass is 224 g/mol. The zero-order chi connectivity index (χ0) is 11.6. The van der Waals surface area contributed by atoms with Gasteiger partial charge in [-0.25, -0.2) is 0 Å². The summed E-state index contributed by atoms with van der Waals surface area (Å²) in [6.45, 7) is 5.53. The molecule has 0 unspecified atom stereocenters. The lowest BCUT2D eigenvalue weighted by Gasteiger charge is -2.33. The van der Waals surface area contributed by atoms with Crippen LogP contribution >= 0.6 is 0 Å². The van der Waals surface area contributed by atoms with Crippen LogP contribution in [0.3, 0.4) is 0 Å². The van der Waals surface area contributed by atoms with Crippen LogP contribution < -0.4 is 0 Å². The molecule has 0 aromatic heterocycles. The van der Waals surface area contributed by atoms with Crippen molar-refractivity contribution in [2.45, 2.75) is 39.1 Å². The summed E-state index contributed by atoms with van der Waals surface area (Å²) in [4.78, 5) is 23.5. The summed E-state index contributed by atoms with van der Waals surface area (Å²) >= 11 is 0. The third kappa shape index (κ3) is 1.14. The number of rotatable bonds is 1. The molecule has 1 saturated carbocycles. The summed E-state index contributed by atoms with van der Waals surface area (Å²) in [7, 11) is 0. The van der Waals surface area contributed by atoms with Crippen molar-refractivity contribution in [2.24, 2.45) is 23.7 Å². The smallest absolute Gasteiger partial charge is 0.312 e. The van der Waals surface area contributed by atoms with Crippen LogP contribution in [0.25, 0.3) is 0 Å². The van der Waals surface area contributed by atoms with Gasteiger partial charge in [-0.2, -0.15) is 0 Å². The maximum absolute atomic E-state index is 11.7. The third-order valence-corrected chi connectivity index (χ3v) is 4.42. The Hall–Kier alpha value is -0.900. The van der Waals surface area contributed by atoms with Gasteiger partial charge in [-0.15, -0.1) is 0 Å². The second kappa shape index (κ2) is 3.06. The first kappa shape index (κ1) is 10.3. The fourth-order valence-corrected chi connectivity index (χ4v) is 3.70. The van der Waals surface area contributed by atoms with Crippen LogP contribution in [0.15, 0.2) is 0 Å². The van der Waals surface area contributed by atoms with Crippen molar-refractivity contribution in [1.82, 2.24) is 0 Å². The van der Waals surface area contributed by atoms with Crippen molar-refractivity contribution < 1.29 is 19.1 Å². The SMILES string of the molecule is CC(=O)[C@H]1[C@H](C)[C@H]2O[C@H]2[C@H]2C(=O)O[C@H](C)[C@H]21. The first-order valence-corrected chi connectivity index (χ1v) is 5.88. The van der Waals surface area contributed by atoms with E-state index in [0.29, 0.717) is 0 Å². The maximum atomic E-state index is 11.7. The molecule has 16 heavy (non-hydrogen) atoms. The fraction of sp³-hybridized carbons (Fsp3) is 0.833. The first-order chi connectivity index (χ1) is 7.52. The van der Waals surface area contributed by atoms with Crippen molar-refractivity contribution >= 4 is 11.8 Å². The number of hydrogen-bond acceptors (Lipinski definition) is 4. The summed E-state index contributed by atoms with van der Waals surface area (Å²) in [5.41, 5.74) is 0. The molecule has 0 aromatic rings. The largest absolute Gasteiger partial charge is 0.462 e. The molecule has 0 amide bonds. The van der Waals surface area contributed by atoms with Gasteiger partial charge in [-0.1, -0.05) is 6.92 Å². The van der Waals surface area contributed by atoms with Gasteiger partial charge in [0.25, 0.3) is 0 Å². The molecule has 2 aliphatic heterocycles. The first-order valence-electron chi connectivity index (χ1n) is 5.88. The van der Waals surface area contributed by atoms with Gasteiger partial charge in [0.05, 0.1) is 18.1 Å². The molecule has 0 radical (unpaired) electrons. The summed E-state index contributed by atoms with van der Waals surface area (Å²) < 4.78 is 10.8. The lowest BCUT2D eigenvalue weighted by Crippen LogP contribution is -2.44. The number of esters is 1. The van der Waals surface area contributed by atoms with E-state index in [-0.39, 0.29) is 53.7 Å². The molecule has 0 spiro atoms. The highest BCUT2D eigenvalue weighted by Gasteiger charge is 2.66. The van der Waals surface area contributed by atoms with Crippen LogP contribution in [0.1, 0.15) is 20.8 Å². The number of carbonyl (C=O) groups is 2. The van der Waals surface area contributed by atoms with Gasteiger partial charge in [-0.3, -0.25) is 9.59 Å². The fourth-order valence-electron chi connectivity index (χ4n) is 3.70. The number of ketones is 1. The van der Waals surface area contributed by atoms with E-state index in [0.717, 1.165) is 0 Å². The zero-order valence-electron chi connectivity index (χ0n) is 9.67. The molecular formula is C12H16O4. The highest BCUT2D eigenvalue weighted by molar-refractivity contribution is 5.83. The molecule has 4 heteroatoms. The Labute approximate surface area is 94.3 Å². The van der Waals surface area contributed by atoms with Crippen molar-refractivity contribution in [2.75, 3.05) is 0 Å². The number of fused-ring (bicyclic) bond motifs is 3. The molecule has 3 rings (SSSR count). The molecule has 0 aromatic carbocycles. The molecule has 4 nitrogen and oxygen atoms in total. The van der Waals surface area contributed by atoms with E-state index >= 15 is 0 Å². The number of Topliss-reactive ketones (excluding diaryl/α,β-unsaturated/α-hetero) is 1. The highest BCUT2D eigenvalue weighted by atomic mass is 16.6. The lowest BCUT2D eigenvalue weighted by molar-refractivity contribution is -0.144. The Morgan fingerprint density at radius 1 is 1.25 bits per heavy atom. The molecular weight excluding hydrogens is 208 g/mol. The summed E-state index contributed by atoms with van der Waals surface area (Å²) in [6.07, 6.45) is -0.0555. The van der Waals surface area contributed by atoms with E-state index < -0.39 is 0 Å². The molecule has 2 heterocycles. The molecule has 3 fully saturated rings. The summed E-state index contributed by atoms with van der Waals surface area (Å²) in [5.74, 6) is -0.0884. The molecule has 0 N–H and O–H groups in total. The number of hydrogen-bond donors (Lipinski definition) is 0. The Kier molecular flexibility index (Phi) is 1.97. The standard InChI is InChI=1S/C12H16O4/c1-4-7(5(2)13)8-6(3)15-12(14)9(8)11-10(4)16-11/h4,6-11H,1-3H3/t4-,6+,7+,8-,9-,10+,11-/m0/s1. The quantitative estimate of drug-likeness (QED) is 0.488. The van der Waals surface area contributed by atoms with Gasteiger partial charge in [0, 0.05) is 11.8 Å². The molecule has 1 aliphatic carbocycles. The van der Waals surface area contributed by atoms with Gasteiger partial charge in [0.2, 0.25) is 0 Å². The van der Waals surface area contributed by atoms with Crippen molar-refractivity contribution in [3.8, 4) is 0 Å². The second-order valence-electron chi connectivity index (χ2n) is 5.31. The molecule has 0 bridgehead atoms. The average molecular weight is 224 g/mol. The lowest BCUT2D eigenvalue weighted by atomic mass is 9.65. The normalized spacial score (nSPS) is 53.9. The molecule has 3 aliphatic rings. The van der Waals surface area contributed by atoms with Crippen molar-refractivity contribution in [3.05, 3.63) is 0 Å². The number of cyclic esters (lactones) is 1. The third-order valence-electron chi connectivity index (χ3n) is 4.42.